The van der Waals surface area contributed by atoms with Crippen molar-refractivity contribution in [1.82, 2.24) is 0 Å². The van der Waals surface area contributed by atoms with Gasteiger partial charge in [0.2, 0.25) is 0 Å². The van der Waals surface area contributed by atoms with Gasteiger partial charge in [-0.15, -0.1) is 0 Å². The predicted molar refractivity (Wildman–Crippen MR) is 69.9 cm³/mol. The third-order valence-electron chi connectivity index (χ3n) is 3.16. The molecule has 1 atom stereocenters. The summed E-state index contributed by atoms with van der Waals surface area (Å²) in [7, 11) is -3.47. The summed E-state index contributed by atoms with van der Waals surface area (Å²) in [4.78, 5) is 9.66. The number of aliphatic hydroxyl groups is 1. The Labute approximate surface area is 126 Å². The molecule has 1 aliphatic rings. The average molecular weight is 431 g/mol. The van der Waals surface area contributed by atoms with Gasteiger partial charge in [0, 0.05) is 0 Å². The molecule has 0 aliphatic carbocycles. The summed E-state index contributed by atoms with van der Waals surface area (Å²) in [6.07, 6.45) is 2.17. The standard InChI is InChI=1S/C9H13NO5S.CF3.In/c1-9(11,6-8-16(2,14)15)5-3-4-7-10(12)13;2-1(3)4;/h3-4,11H,6,8H2,1-2H3;;. The zero-order valence-corrected chi connectivity index (χ0v) is 15.3. The van der Waals surface area contributed by atoms with Crippen molar-refractivity contribution in [3.8, 4) is 0 Å². The van der Waals surface area contributed by atoms with Crippen LogP contribution in [-0.2, 0) is 9.84 Å². The number of nitrogens with zero attached hydrogens (tertiary/aromatic N) is 1. The van der Waals surface area contributed by atoms with Crippen LogP contribution in [-0.4, -0.2) is 61.4 Å². The molecule has 0 amide bonds. The van der Waals surface area contributed by atoms with Gasteiger partial charge in [-0.25, -0.2) is 0 Å². The quantitative estimate of drug-likeness (QED) is 0.517. The van der Waals surface area contributed by atoms with E-state index in [0.29, 0.717) is 0 Å². The molecule has 0 aromatic rings. The van der Waals surface area contributed by atoms with Crippen molar-refractivity contribution in [3.63, 3.8) is 0 Å². The second-order valence-corrected chi connectivity index (χ2v) is 15.2. The molecule has 21 heavy (non-hydrogen) atoms. The van der Waals surface area contributed by atoms with Crippen molar-refractivity contribution in [1.29, 1.82) is 0 Å². The van der Waals surface area contributed by atoms with Crippen molar-refractivity contribution in [2.24, 2.45) is 0 Å². The fourth-order valence-electron chi connectivity index (χ4n) is 2.06. The average Bonchev–Trinajstić information content (AvgIpc) is 2.70. The van der Waals surface area contributed by atoms with Crippen molar-refractivity contribution in [2.45, 2.75) is 22.9 Å². The van der Waals surface area contributed by atoms with Crippen LogP contribution in [0.2, 0.25) is 0 Å². The van der Waals surface area contributed by atoms with Gasteiger partial charge in [-0.3, -0.25) is 0 Å². The molecule has 1 aliphatic heterocycles. The van der Waals surface area contributed by atoms with Crippen LogP contribution in [0.3, 0.4) is 0 Å². The molecule has 0 aromatic heterocycles. The fraction of sp³-hybridized carbons (Fsp3) is 0.600. The van der Waals surface area contributed by atoms with E-state index >= 15 is 0 Å². The molecular weight excluding hydrogens is 418 g/mol. The van der Waals surface area contributed by atoms with E-state index in [1.807, 2.05) is 0 Å². The number of sulfone groups is 1. The first-order valence-electron chi connectivity index (χ1n) is 5.79. The van der Waals surface area contributed by atoms with E-state index in [9.17, 15) is 36.8 Å². The molecular formula is C10H13F3InNO5S. The van der Waals surface area contributed by atoms with Crippen LogP contribution in [0.25, 0.3) is 0 Å². The summed E-state index contributed by atoms with van der Waals surface area (Å²) in [5.74, 6) is -0.498. The summed E-state index contributed by atoms with van der Waals surface area (Å²) in [5, 5.41) is 20.9. The predicted octanol–water partition coefficient (Wildman–Crippen LogP) is 0.947. The molecule has 1 unspecified atom stereocenters. The number of hydrogen-bond acceptors (Lipinski definition) is 5. The monoisotopic (exact) mass is 431 g/mol. The minimum absolute atomic E-state index is 0.410. The fourth-order valence-corrected chi connectivity index (χ4v) is 10.1. The molecule has 1 heterocycles. The molecule has 0 fully saturated rings. The van der Waals surface area contributed by atoms with E-state index in [0.717, 1.165) is 25.3 Å². The van der Waals surface area contributed by atoms with E-state index in [4.69, 9.17) is 0 Å². The number of alkyl halides is 3. The van der Waals surface area contributed by atoms with Gasteiger partial charge in [0.1, 0.15) is 0 Å². The molecule has 6 nitrogen and oxygen atoms in total. The van der Waals surface area contributed by atoms with Crippen LogP contribution < -0.4 is 0 Å². The SMILES string of the molecule is CC(O)(CCS(C)(=O)=O)[C]1=CC=[C]([N+](=O)[O-])[In]1[C](F)(F)F. The molecule has 0 saturated heterocycles. The third-order valence-corrected chi connectivity index (χ3v) is 12.9. The first-order valence-corrected chi connectivity index (χ1v) is 12.8. The van der Waals surface area contributed by atoms with Crippen molar-refractivity contribution >= 4 is 31.3 Å². The molecule has 0 aromatic carbocycles. The number of nitro groups is 1. The number of hydrogen-bond donors (Lipinski definition) is 1. The van der Waals surface area contributed by atoms with E-state index in [2.05, 4.69) is 0 Å². The zero-order valence-electron chi connectivity index (χ0n) is 11.2. The van der Waals surface area contributed by atoms with E-state index in [1.54, 1.807) is 0 Å². The topological polar surface area (TPSA) is 97.5 Å². The zero-order chi connectivity index (χ0) is 16.6. The maximum absolute atomic E-state index is 13.1. The molecule has 118 valence electrons. The number of rotatable bonds is 5. The second-order valence-electron chi connectivity index (χ2n) is 5.10. The van der Waals surface area contributed by atoms with E-state index in [1.165, 1.54) is 0 Å². The van der Waals surface area contributed by atoms with Crippen molar-refractivity contribution in [3.05, 3.63) is 29.0 Å². The maximum atomic E-state index is 13.1. The summed E-state index contributed by atoms with van der Waals surface area (Å²) >= 11 is -5.03. The normalized spacial score (nSPS) is 19.0. The van der Waals surface area contributed by atoms with Gasteiger partial charge in [-0.1, -0.05) is 0 Å². The summed E-state index contributed by atoms with van der Waals surface area (Å²) in [6.45, 7) is 1.07. The van der Waals surface area contributed by atoms with Gasteiger partial charge in [0.05, 0.1) is 0 Å². The number of allylic oxidation sites excluding steroid dienone is 2. The first-order chi connectivity index (χ1) is 9.26. The van der Waals surface area contributed by atoms with E-state index < -0.39 is 64.7 Å². The van der Waals surface area contributed by atoms with Crippen LogP contribution in [0, 0.1) is 10.1 Å². The van der Waals surface area contributed by atoms with Gasteiger partial charge in [0.25, 0.3) is 0 Å². The molecule has 11 heteroatoms. The second kappa shape index (κ2) is 5.92. The Morgan fingerprint density at radius 2 is 1.90 bits per heavy atom. The van der Waals surface area contributed by atoms with Gasteiger partial charge >= 0.3 is 127 Å². The molecule has 1 rings (SSSR count). The minimum atomic E-state index is -5.03. The van der Waals surface area contributed by atoms with Crippen LogP contribution in [0.5, 0.6) is 0 Å². The Morgan fingerprint density at radius 1 is 1.38 bits per heavy atom. The summed E-state index contributed by atoms with van der Waals surface area (Å²) in [6, 6.07) is 0. The Kier molecular flexibility index (Phi) is 5.21. The van der Waals surface area contributed by atoms with Crippen LogP contribution in [0.1, 0.15) is 13.3 Å². The summed E-state index contributed by atoms with van der Waals surface area (Å²) in [5.41, 5.74) is -2.02. The number of halogens is 3. The Bertz CT molecular complexity index is 609. The molecule has 0 bridgehead atoms. The molecule has 1 N–H and O–H groups in total. The Balaban J connectivity index is 3.10. The van der Waals surface area contributed by atoms with E-state index in [-0.39, 0.29) is 0 Å². The van der Waals surface area contributed by atoms with Crippen molar-refractivity contribution < 1.29 is 31.6 Å². The molecule has 0 spiro atoms. The Hall–Kier alpha value is -0.550. The Morgan fingerprint density at radius 3 is 2.29 bits per heavy atom. The van der Waals surface area contributed by atoms with Crippen molar-refractivity contribution in [2.75, 3.05) is 12.0 Å². The van der Waals surface area contributed by atoms with Gasteiger partial charge < -0.3 is 0 Å². The van der Waals surface area contributed by atoms with Gasteiger partial charge in [-0.2, -0.15) is 0 Å². The van der Waals surface area contributed by atoms with Crippen LogP contribution >= 0.6 is 0 Å². The van der Waals surface area contributed by atoms with Crippen LogP contribution in [0.15, 0.2) is 18.9 Å². The van der Waals surface area contributed by atoms with Crippen LogP contribution in [0.4, 0.5) is 13.2 Å². The van der Waals surface area contributed by atoms with Gasteiger partial charge in [-0.05, 0) is 0 Å². The summed E-state index contributed by atoms with van der Waals surface area (Å²) < 4.78 is 55.5. The molecule has 0 radical (unpaired) electrons. The molecule has 0 saturated carbocycles. The van der Waals surface area contributed by atoms with Gasteiger partial charge in [0.15, 0.2) is 0 Å². The first kappa shape index (κ1) is 18.5. The third kappa shape index (κ3) is 4.71.